The number of hydrogen-bond acceptors (Lipinski definition) is 5. The molecule has 3 N–H and O–H groups in total. The molecule has 3 aromatic rings. The summed E-state index contributed by atoms with van der Waals surface area (Å²) in [5, 5.41) is 15.3. The van der Waals surface area contributed by atoms with E-state index in [0.717, 1.165) is 0 Å². The Hall–Kier alpha value is -3.48. The van der Waals surface area contributed by atoms with Gasteiger partial charge in [0.15, 0.2) is 5.36 Å². The van der Waals surface area contributed by atoms with Gasteiger partial charge in [-0.25, -0.2) is 10.2 Å². The Labute approximate surface area is 129 Å². The number of nitrogens with one attached hydrogen (secondary N) is 2. The molecule has 0 spiro atoms. The topological polar surface area (TPSA) is 108 Å². The summed E-state index contributed by atoms with van der Waals surface area (Å²) in [5.74, 6) is -0.124. The van der Waals surface area contributed by atoms with E-state index in [9.17, 15) is 19.5 Å². The molecule has 0 aliphatic rings. The van der Waals surface area contributed by atoms with Gasteiger partial charge in [-0.05, 0) is 30.3 Å². The number of urea groups is 1. The van der Waals surface area contributed by atoms with Gasteiger partial charge in [0.05, 0.1) is 0 Å². The van der Waals surface area contributed by atoms with E-state index in [1.165, 1.54) is 18.2 Å². The molecule has 0 fully saturated rings. The largest absolute Gasteiger partial charge is 0.508 e. The van der Waals surface area contributed by atoms with Gasteiger partial charge in [0, 0.05) is 16.5 Å². The number of para-hydroxylation sites is 1. The normalized spacial score (nSPS) is 11.6. The molecule has 0 radical (unpaired) electrons. The second kappa shape index (κ2) is 5.72. The van der Waals surface area contributed by atoms with Crippen molar-refractivity contribution in [3.8, 4) is 5.75 Å². The third-order valence-electron chi connectivity index (χ3n) is 3.22. The monoisotopic (exact) mass is 309 g/mol. The maximum absolute atomic E-state index is 12.1. The minimum Gasteiger partial charge on any atom is -0.508 e. The number of phenols is 1. The van der Waals surface area contributed by atoms with Crippen molar-refractivity contribution in [1.29, 1.82) is 0 Å². The van der Waals surface area contributed by atoms with Crippen LogP contribution in [0.3, 0.4) is 0 Å². The van der Waals surface area contributed by atoms with E-state index in [0.29, 0.717) is 5.69 Å². The van der Waals surface area contributed by atoms with Crippen LogP contribution in [0.5, 0.6) is 5.75 Å². The Morgan fingerprint density at radius 3 is 2.39 bits per heavy atom. The maximum atomic E-state index is 12.1. The quantitative estimate of drug-likeness (QED) is 0.608. The van der Waals surface area contributed by atoms with Crippen LogP contribution in [0.4, 0.5) is 10.5 Å². The molecule has 7 heteroatoms. The molecule has 0 unspecified atom stereocenters. The van der Waals surface area contributed by atoms with Crippen LogP contribution in [-0.2, 0) is 0 Å². The average Bonchev–Trinajstić information content (AvgIpc) is 2.77. The number of hydrogen-bond donors (Lipinski definition) is 3. The number of phenolic OH excluding ortho intramolecular Hbond substituents is 1. The Balaban J connectivity index is 1.91. The van der Waals surface area contributed by atoms with Crippen LogP contribution in [0.1, 0.15) is 0 Å². The van der Waals surface area contributed by atoms with Crippen LogP contribution >= 0.6 is 0 Å². The van der Waals surface area contributed by atoms with Gasteiger partial charge in [0.2, 0.25) is 10.9 Å². The van der Waals surface area contributed by atoms with Crippen molar-refractivity contribution in [3.05, 3.63) is 74.3 Å². The van der Waals surface area contributed by atoms with E-state index in [1.807, 2.05) is 0 Å². The Kier molecular flexibility index (Phi) is 3.60. The smallest absolute Gasteiger partial charge is 0.339 e. The van der Waals surface area contributed by atoms with Gasteiger partial charge in [0.1, 0.15) is 5.75 Å². The molecule has 0 atom stereocenters. The second-order valence-electron chi connectivity index (χ2n) is 4.78. The number of carbonyl (C=O) groups excluding carboxylic acids is 1. The number of fused-ring (bicyclic) bond motifs is 1. The number of carbonyl (C=O) groups is 1. The van der Waals surface area contributed by atoms with Gasteiger partial charge in [-0.3, -0.25) is 9.59 Å². The molecular weight excluding hydrogens is 298 g/mol. The molecule has 3 rings (SSSR count). The lowest BCUT2D eigenvalue weighted by molar-refractivity contribution is 0.252. The summed E-state index contributed by atoms with van der Waals surface area (Å²) < 4.78 is 0. The van der Waals surface area contributed by atoms with Crippen LogP contribution in [0.25, 0.3) is 10.8 Å². The fraction of sp³-hybridized carbons (Fsp3) is 0. The van der Waals surface area contributed by atoms with Gasteiger partial charge in [-0.1, -0.05) is 18.2 Å². The summed E-state index contributed by atoms with van der Waals surface area (Å²) >= 11 is 0. The predicted octanol–water partition coefficient (Wildman–Crippen LogP) is 0.779. The van der Waals surface area contributed by atoms with Crippen molar-refractivity contribution < 1.29 is 9.90 Å². The van der Waals surface area contributed by atoms with E-state index < -0.39 is 22.2 Å². The van der Waals surface area contributed by atoms with Crippen molar-refractivity contribution in [3.63, 3.8) is 0 Å². The fourth-order valence-electron chi connectivity index (χ4n) is 2.17. The second-order valence-corrected chi connectivity index (χ2v) is 4.78. The lowest BCUT2D eigenvalue weighted by atomic mass is 10.2. The summed E-state index contributed by atoms with van der Waals surface area (Å²) in [5.41, 5.74) is 1.43. The van der Waals surface area contributed by atoms with E-state index >= 15 is 0 Å². The number of rotatable bonds is 2. The molecular formula is C16H11N3O4. The summed E-state index contributed by atoms with van der Waals surface area (Å²) in [6.07, 6.45) is 0. The van der Waals surface area contributed by atoms with Crippen molar-refractivity contribution >= 4 is 22.5 Å². The van der Waals surface area contributed by atoms with Crippen LogP contribution in [0.2, 0.25) is 0 Å². The van der Waals surface area contributed by atoms with Gasteiger partial charge in [0.25, 0.3) is 0 Å². The maximum Gasteiger partial charge on any atom is 0.339 e. The third-order valence-corrected chi connectivity index (χ3v) is 3.22. The lowest BCUT2D eigenvalue weighted by Crippen LogP contribution is -2.36. The van der Waals surface area contributed by atoms with Crippen LogP contribution in [-0.4, -0.2) is 11.1 Å². The Morgan fingerprint density at radius 1 is 0.957 bits per heavy atom. The molecule has 7 nitrogen and oxygen atoms in total. The number of nitrogens with zero attached hydrogens (tertiary/aromatic N) is 1. The highest BCUT2D eigenvalue weighted by molar-refractivity contribution is 5.89. The Bertz CT molecular complexity index is 1030. The predicted molar refractivity (Wildman–Crippen MR) is 84.7 cm³/mol. The average molecular weight is 309 g/mol. The summed E-state index contributed by atoms with van der Waals surface area (Å²) in [6.45, 7) is 0. The van der Waals surface area contributed by atoms with Crippen LogP contribution in [0, 0.1) is 0 Å². The molecule has 114 valence electrons. The molecule has 0 heterocycles. The summed E-state index contributed by atoms with van der Waals surface area (Å²) in [4.78, 5) is 35.9. The van der Waals surface area contributed by atoms with Crippen LogP contribution < -0.4 is 27.0 Å². The van der Waals surface area contributed by atoms with Crippen molar-refractivity contribution in [2.75, 3.05) is 5.32 Å². The molecule has 0 aliphatic heterocycles. The zero-order valence-corrected chi connectivity index (χ0v) is 11.7. The van der Waals surface area contributed by atoms with E-state index in [2.05, 4.69) is 15.8 Å². The highest BCUT2D eigenvalue weighted by Gasteiger charge is 2.11. The first-order valence-corrected chi connectivity index (χ1v) is 6.68. The van der Waals surface area contributed by atoms with Gasteiger partial charge in [-0.15, -0.1) is 0 Å². The fourth-order valence-corrected chi connectivity index (χ4v) is 2.17. The SMILES string of the molecule is O=C(NN=c1c(=O)c2ccc(O)cc2c1=O)Nc1ccccc1. The number of anilines is 1. The van der Waals surface area contributed by atoms with Gasteiger partial charge < -0.3 is 10.4 Å². The van der Waals surface area contributed by atoms with E-state index in [-0.39, 0.29) is 16.5 Å². The molecule has 0 aliphatic carbocycles. The summed E-state index contributed by atoms with van der Waals surface area (Å²) in [6, 6.07) is 11.8. The first-order chi connectivity index (χ1) is 11.1. The van der Waals surface area contributed by atoms with E-state index in [1.54, 1.807) is 30.3 Å². The lowest BCUT2D eigenvalue weighted by Gasteiger charge is -2.02. The number of aromatic hydroxyl groups is 1. The molecule has 0 aromatic heterocycles. The molecule has 0 saturated heterocycles. The minimum absolute atomic E-state index is 0.0685. The zero-order valence-electron chi connectivity index (χ0n) is 11.7. The summed E-state index contributed by atoms with van der Waals surface area (Å²) in [7, 11) is 0. The molecule has 3 aromatic carbocycles. The first-order valence-electron chi connectivity index (χ1n) is 6.68. The van der Waals surface area contributed by atoms with E-state index in [4.69, 9.17) is 0 Å². The third kappa shape index (κ3) is 2.80. The first kappa shape index (κ1) is 14.5. The zero-order chi connectivity index (χ0) is 16.4. The van der Waals surface area contributed by atoms with Gasteiger partial charge >= 0.3 is 6.03 Å². The number of amides is 2. The highest BCUT2D eigenvalue weighted by atomic mass is 16.3. The molecule has 0 bridgehead atoms. The molecule has 2 amide bonds. The minimum atomic E-state index is -0.678. The standard InChI is InChI=1S/C16H11N3O4/c20-10-6-7-11-12(8-10)15(22)13(14(11)21)18-19-16(23)17-9-4-2-1-3-5-9/h1-8,20H,(H2,17,19,23). The van der Waals surface area contributed by atoms with Crippen molar-refractivity contribution in [1.82, 2.24) is 5.43 Å². The van der Waals surface area contributed by atoms with Crippen molar-refractivity contribution in [2.45, 2.75) is 0 Å². The molecule has 23 heavy (non-hydrogen) atoms. The van der Waals surface area contributed by atoms with Gasteiger partial charge in [-0.2, -0.15) is 5.10 Å². The Morgan fingerprint density at radius 2 is 1.65 bits per heavy atom. The van der Waals surface area contributed by atoms with Crippen LogP contribution in [0.15, 0.2) is 63.2 Å². The highest BCUT2D eigenvalue weighted by Crippen LogP contribution is 2.13. The number of benzene rings is 2. The molecule has 0 saturated carbocycles. The van der Waals surface area contributed by atoms with Crippen molar-refractivity contribution in [2.24, 2.45) is 5.10 Å².